The molecule has 94 valence electrons. The minimum Gasteiger partial charge on any atom is -0.497 e. The highest BCUT2D eigenvalue weighted by Crippen LogP contribution is 2.25. The largest absolute Gasteiger partial charge is 0.497 e. The number of methoxy groups -OCH3 is 1. The summed E-state index contributed by atoms with van der Waals surface area (Å²) in [6.07, 6.45) is 1.36. The molecule has 0 fully saturated rings. The number of ketones is 1. The third kappa shape index (κ3) is 4.10. The number of carbonyl (C=O) groups is 1. The van der Waals surface area contributed by atoms with Gasteiger partial charge in [0, 0.05) is 17.7 Å². The Balaban J connectivity index is 2.81. The zero-order valence-electron chi connectivity index (χ0n) is 11.0. The molecular formula is C14H21NO2. The van der Waals surface area contributed by atoms with E-state index in [0.717, 1.165) is 6.42 Å². The smallest absolute Gasteiger partial charge is 0.165 e. The Labute approximate surface area is 103 Å². The molecule has 3 heteroatoms. The first-order chi connectivity index (χ1) is 7.83. The van der Waals surface area contributed by atoms with E-state index in [0.29, 0.717) is 23.4 Å². The van der Waals surface area contributed by atoms with E-state index in [-0.39, 0.29) is 11.2 Å². The van der Waals surface area contributed by atoms with Crippen molar-refractivity contribution in [2.24, 2.45) is 5.41 Å². The van der Waals surface area contributed by atoms with Gasteiger partial charge in [-0.15, -0.1) is 0 Å². The first-order valence-corrected chi connectivity index (χ1v) is 5.80. The van der Waals surface area contributed by atoms with Crippen LogP contribution in [0, 0.1) is 5.41 Å². The SMILES string of the molecule is COc1ccc(N)c(C(=O)CCC(C)(C)C)c1. The summed E-state index contributed by atoms with van der Waals surface area (Å²) in [5, 5.41) is 0. The predicted molar refractivity (Wildman–Crippen MR) is 70.4 cm³/mol. The molecular weight excluding hydrogens is 214 g/mol. The van der Waals surface area contributed by atoms with Crippen molar-refractivity contribution in [1.82, 2.24) is 0 Å². The number of rotatable bonds is 4. The van der Waals surface area contributed by atoms with Gasteiger partial charge in [-0.25, -0.2) is 0 Å². The fraction of sp³-hybridized carbons (Fsp3) is 0.500. The van der Waals surface area contributed by atoms with E-state index in [1.807, 2.05) is 0 Å². The number of hydrogen-bond donors (Lipinski definition) is 1. The van der Waals surface area contributed by atoms with Crippen LogP contribution in [0.4, 0.5) is 5.69 Å². The average molecular weight is 235 g/mol. The van der Waals surface area contributed by atoms with E-state index in [1.54, 1.807) is 25.3 Å². The van der Waals surface area contributed by atoms with Gasteiger partial charge in [0.05, 0.1) is 7.11 Å². The summed E-state index contributed by atoms with van der Waals surface area (Å²) in [6, 6.07) is 5.18. The van der Waals surface area contributed by atoms with Gasteiger partial charge in [0.25, 0.3) is 0 Å². The van der Waals surface area contributed by atoms with Crippen molar-refractivity contribution in [3.63, 3.8) is 0 Å². The first-order valence-electron chi connectivity index (χ1n) is 5.80. The Morgan fingerprint density at radius 2 is 2.00 bits per heavy atom. The van der Waals surface area contributed by atoms with Crippen LogP contribution in [0.1, 0.15) is 44.0 Å². The molecule has 1 aromatic carbocycles. The normalized spacial score (nSPS) is 11.3. The molecule has 0 aliphatic heterocycles. The summed E-state index contributed by atoms with van der Waals surface area (Å²) in [7, 11) is 1.58. The lowest BCUT2D eigenvalue weighted by molar-refractivity contribution is 0.0966. The van der Waals surface area contributed by atoms with Crippen molar-refractivity contribution in [2.75, 3.05) is 12.8 Å². The van der Waals surface area contributed by atoms with E-state index in [4.69, 9.17) is 10.5 Å². The average Bonchev–Trinajstić information content (AvgIpc) is 2.25. The molecule has 0 bridgehead atoms. The lowest BCUT2D eigenvalue weighted by atomic mass is 9.88. The van der Waals surface area contributed by atoms with Crippen LogP contribution in [0.25, 0.3) is 0 Å². The van der Waals surface area contributed by atoms with Gasteiger partial charge in [-0.2, -0.15) is 0 Å². The van der Waals surface area contributed by atoms with Gasteiger partial charge in [0.2, 0.25) is 0 Å². The topological polar surface area (TPSA) is 52.3 Å². The fourth-order valence-corrected chi connectivity index (χ4v) is 1.53. The molecule has 2 N–H and O–H groups in total. The Morgan fingerprint density at radius 1 is 1.35 bits per heavy atom. The van der Waals surface area contributed by atoms with Crippen molar-refractivity contribution in [2.45, 2.75) is 33.6 Å². The number of benzene rings is 1. The maximum absolute atomic E-state index is 12.0. The van der Waals surface area contributed by atoms with E-state index in [2.05, 4.69) is 20.8 Å². The van der Waals surface area contributed by atoms with Crippen LogP contribution in [0.5, 0.6) is 5.75 Å². The van der Waals surface area contributed by atoms with Gasteiger partial charge in [-0.05, 0) is 30.0 Å². The van der Waals surface area contributed by atoms with Gasteiger partial charge >= 0.3 is 0 Å². The fourth-order valence-electron chi connectivity index (χ4n) is 1.53. The number of ether oxygens (including phenoxy) is 1. The summed E-state index contributed by atoms with van der Waals surface area (Å²) in [5.41, 5.74) is 7.05. The summed E-state index contributed by atoms with van der Waals surface area (Å²) in [6.45, 7) is 6.36. The maximum atomic E-state index is 12.0. The number of anilines is 1. The summed E-state index contributed by atoms with van der Waals surface area (Å²) >= 11 is 0. The van der Waals surface area contributed by atoms with Gasteiger partial charge < -0.3 is 10.5 Å². The Morgan fingerprint density at radius 3 is 2.53 bits per heavy atom. The third-order valence-electron chi connectivity index (χ3n) is 2.66. The summed E-state index contributed by atoms with van der Waals surface area (Å²) in [5.74, 6) is 0.745. The van der Waals surface area contributed by atoms with Crippen LogP contribution >= 0.6 is 0 Å². The van der Waals surface area contributed by atoms with Crippen molar-refractivity contribution in [1.29, 1.82) is 0 Å². The molecule has 0 unspecified atom stereocenters. The third-order valence-corrected chi connectivity index (χ3v) is 2.66. The van der Waals surface area contributed by atoms with Crippen molar-refractivity contribution >= 4 is 11.5 Å². The molecule has 0 atom stereocenters. The quantitative estimate of drug-likeness (QED) is 0.643. The van der Waals surface area contributed by atoms with Crippen molar-refractivity contribution in [3.05, 3.63) is 23.8 Å². The highest BCUT2D eigenvalue weighted by Gasteiger charge is 2.16. The van der Waals surface area contributed by atoms with Crippen LogP contribution in [0.15, 0.2) is 18.2 Å². The lowest BCUT2D eigenvalue weighted by Crippen LogP contribution is -2.10. The molecule has 0 amide bonds. The predicted octanol–water partition coefficient (Wildman–Crippen LogP) is 3.29. The maximum Gasteiger partial charge on any atom is 0.165 e. The molecule has 1 rings (SSSR count). The standard InChI is InChI=1S/C14H21NO2/c1-14(2,3)8-7-13(16)11-9-10(17-4)5-6-12(11)15/h5-6,9H,7-8,15H2,1-4H3. The zero-order chi connectivity index (χ0) is 13.1. The molecule has 0 saturated carbocycles. The van der Waals surface area contributed by atoms with Gasteiger partial charge in [0.1, 0.15) is 5.75 Å². The highest BCUT2D eigenvalue weighted by atomic mass is 16.5. The molecule has 0 aliphatic rings. The minimum absolute atomic E-state index is 0.0799. The first kappa shape index (κ1) is 13.6. The van der Waals surface area contributed by atoms with Gasteiger partial charge in [-0.1, -0.05) is 20.8 Å². The van der Waals surface area contributed by atoms with Crippen LogP contribution in [0.3, 0.4) is 0 Å². The molecule has 0 aliphatic carbocycles. The molecule has 0 radical (unpaired) electrons. The van der Waals surface area contributed by atoms with Gasteiger partial charge in [0.15, 0.2) is 5.78 Å². The van der Waals surface area contributed by atoms with Crippen molar-refractivity contribution in [3.8, 4) is 5.75 Å². The van der Waals surface area contributed by atoms with Crippen LogP contribution in [-0.2, 0) is 0 Å². The molecule has 0 spiro atoms. The number of Topliss-reactive ketones (excluding diaryl/α,β-unsaturated/α-hetero) is 1. The molecule has 3 nitrogen and oxygen atoms in total. The Bertz CT molecular complexity index is 405. The van der Waals surface area contributed by atoms with Crippen LogP contribution in [0.2, 0.25) is 0 Å². The Kier molecular flexibility index (Phi) is 4.16. The van der Waals surface area contributed by atoms with E-state index in [1.165, 1.54) is 0 Å². The lowest BCUT2D eigenvalue weighted by Gasteiger charge is -2.17. The number of nitrogens with two attached hydrogens (primary N) is 1. The number of carbonyl (C=O) groups excluding carboxylic acids is 1. The van der Waals surface area contributed by atoms with Crippen LogP contribution < -0.4 is 10.5 Å². The zero-order valence-corrected chi connectivity index (χ0v) is 11.0. The molecule has 0 heterocycles. The molecule has 1 aromatic rings. The summed E-state index contributed by atoms with van der Waals surface area (Å²) < 4.78 is 5.10. The highest BCUT2D eigenvalue weighted by molar-refractivity contribution is 6.01. The van der Waals surface area contributed by atoms with Crippen LogP contribution in [-0.4, -0.2) is 12.9 Å². The van der Waals surface area contributed by atoms with E-state index in [9.17, 15) is 4.79 Å². The van der Waals surface area contributed by atoms with E-state index >= 15 is 0 Å². The molecule has 17 heavy (non-hydrogen) atoms. The van der Waals surface area contributed by atoms with Crippen molar-refractivity contribution < 1.29 is 9.53 Å². The number of nitrogen functional groups attached to an aromatic ring is 1. The minimum atomic E-state index is 0.0799. The van der Waals surface area contributed by atoms with E-state index < -0.39 is 0 Å². The molecule has 0 saturated heterocycles. The monoisotopic (exact) mass is 235 g/mol. The second-order valence-electron chi connectivity index (χ2n) is 5.44. The second kappa shape index (κ2) is 5.21. The Hall–Kier alpha value is -1.51. The van der Waals surface area contributed by atoms with Gasteiger partial charge in [-0.3, -0.25) is 4.79 Å². The number of hydrogen-bond acceptors (Lipinski definition) is 3. The summed E-state index contributed by atoms with van der Waals surface area (Å²) in [4.78, 5) is 12.0. The molecule has 0 aromatic heterocycles. The second-order valence-corrected chi connectivity index (χ2v) is 5.44.